The molecule has 0 spiro atoms. The number of Topliss-reactive ketones (excluding diaryl/α,β-unsaturated/α-hetero) is 1. The molecule has 1 atom stereocenters. The zero-order valence-electron chi connectivity index (χ0n) is 12.1. The second-order valence-electron chi connectivity index (χ2n) is 5.43. The van der Waals surface area contributed by atoms with E-state index in [1.54, 1.807) is 24.3 Å². The molecule has 22 heavy (non-hydrogen) atoms. The standard InChI is InChI=1S/C18H17NO3/c20-17(13-5-2-1-3-6-13)16-7-4-12-19(16)15-10-8-14(9-11-15)18(21)22/h1-3,5-6,8-11,16H,4,7,12H2,(H,21,22). The molecule has 1 aliphatic rings. The van der Waals surface area contributed by atoms with Crippen molar-refractivity contribution in [3.8, 4) is 0 Å². The maximum absolute atomic E-state index is 12.7. The van der Waals surface area contributed by atoms with E-state index in [0.717, 1.165) is 30.6 Å². The quantitative estimate of drug-likeness (QED) is 0.880. The number of carbonyl (C=O) groups excluding carboxylic acids is 1. The highest BCUT2D eigenvalue weighted by Crippen LogP contribution is 2.28. The molecule has 112 valence electrons. The Morgan fingerprint density at radius 3 is 2.27 bits per heavy atom. The van der Waals surface area contributed by atoms with Crippen molar-refractivity contribution in [3.63, 3.8) is 0 Å². The van der Waals surface area contributed by atoms with Crippen LogP contribution in [0.1, 0.15) is 33.6 Å². The number of anilines is 1. The van der Waals surface area contributed by atoms with Gasteiger partial charge in [-0.2, -0.15) is 0 Å². The Morgan fingerprint density at radius 2 is 1.64 bits per heavy atom. The van der Waals surface area contributed by atoms with Crippen molar-refractivity contribution in [2.75, 3.05) is 11.4 Å². The first-order valence-electron chi connectivity index (χ1n) is 7.36. The molecule has 2 aromatic rings. The van der Waals surface area contributed by atoms with Gasteiger partial charge in [-0.25, -0.2) is 4.79 Å². The number of aromatic carboxylic acids is 1. The van der Waals surface area contributed by atoms with Gasteiger partial charge in [0.05, 0.1) is 11.6 Å². The Labute approximate surface area is 129 Å². The van der Waals surface area contributed by atoms with Gasteiger partial charge in [0, 0.05) is 17.8 Å². The van der Waals surface area contributed by atoms with Gasteiger partial charge < -0.3 is 10.0 Å². The molecule has 0 bridgehead atoms. The molecule has 1 unspecified atom stereocenters. The average Bonchev–Trinajstić information content (AvgIpc) is 3.04. The number of nitrogens with zero attached hydrogens (tertiary/aromatic N) is 1. The summed E-state index contributed by atoms with van der Waals surface area (Å²) in [6, 6.07) is 15.9. The third-order valence-corrected chi connectivity index (χ3v) is 4.06. The van der Waals surface area contributed by atoms with Crippen LogP contribution in [0, 0.1) is 0 Å². The molecular formula is C18H17NO3. The summed E-state index contributed by atoms with van der Waals surface area (Å²) in [7, 11) is 0. The highest BCUT2D eigenvalue weighted by atomic mass is 16.4. The van der Waals surface area contributed by atoms with Gasteiger partial charge in [-0.1, -0.05) is 30.3 Å². The fraction of sp³-hybridized carbons (Fsp3) is 0.222. The predicted molar refractivity (Wildman–Crippen MR) is 84.5 cm³/mol. The van der Waals surface area contributed by atoms with Crippen molar-refractivity contribution in [1.29, 1.82) is 0 Å². The molecule has 1 saturated heterocycles. The highest BCUT2D eigenvalue weighted by Gasteiger charge is 2.31. The lowest BCUT2D eigenvalue weighted by atomic mass is 10.0. The summed E-state index contributed by atoms with van der Waals surface area (Å²) in [6.45, 7) is 0.815. The topological polar surface area (TPSA) is 57.6 Å². The fourth-order valence-corrected chi connectivity index (χ4v) is 2.94. The molecule has 1 fully saturated rings. The fourth-order valence-electron chi connectivity index (χ4n) is 2.94. The molecule has 4 heteroatoms. The first kappa shape index (κ1) is 14.3. The van der Waals surface area contributed by atoms with Crippen molar-refractivity contribution in [2.24, 2.45) is 0 Å². The Kier molecular flexibility index (Phi) is 3.92. The summed E-state index contributed by atoms with van der Waals surface area (Å²) in [5.41, 5.74) is 1.88. The van der Waals surface area contributed by atoms with E-state index in [1.807, 2.05) is 30.3 Å². The van der Waals surface area contributed by atoms with E-state index in [2.05, 4.69) is 4.90 Å². The maximum Gasteiger partial charge on any atom is 0.335 e. The van der Waals surface area contributed by atoms with E-state index in [-0.39, 0.29) is 17.4 Å². The summed E-state index contributed by atoms with van der Waals surface area (Å²) >= 11 is 0. The minimum absolute atomic E-state index is 0.125. The Bertz CT molecular complexity index is 679. The van der Waals surface area contributed by atoms with Crippen LogP contribution >= 0.6 is 0 Å². The number of hydrogen-bond donors (Lipinski definition) is 1. The minimum atomic E-state index is -0.940. The lowest BCUT2D eigenvalue weighted by molar-refractivity contribution is 0.0696. The largest absolute Gasteiger partial charge is 0.478 e. The van der Waals surface area contributed by atoms with E-state index < -0.39 is 5.97 Å². The summed E-state index contributed by atoms with van der Waals surface area (Å²) in [6.07, 6.45) is 1.79. The predicted octanol–water partition coefficient (Wildman–Crippen LogP) is 3.24. The Hall–Kier alpha value is -2.62. The highest BCUT2D eigenvalue weighted by molar-refractivity contribution is 6.02. The van der Waals surface area contributed by atoms with Crippen LogP contribution in [0.25, 0.3) is 0 Å². The van der Waals surface area contributed by atoms with Crippen molar-refractivity contribution < 1.29 is 14.7 Å². The summed E-state index contributed by atoms with van der Waals surface area (Å²) in [4.78, 5) is 25.7. The van der Waals surface area contributed by atoms with Crippen molar-refractivity contribution in [1.82, 2.24) is 0 Å². The Balaban J connectivity index is 1.84. The lowest BCUT2D eigenvalue weighted by Crippen LogP contribution is -2.36. The molecule has 1 aliphatic heterocycles. The number of carbonyl (C=O) groups is 2. The second-order valence-corrected chi connectivity index (χ2v) is 5.43. The first-order chi connectivity index (χ1) is 10.7. The van der Waals surface area contributed by atoms with E-state index in [0.29, 0.717) is 0 Å². The van der Waals surface area contributed by atoms with Gasteiger partial charge in [0.1, 0.15) is 0 Å². The van der Waals surface area contributed by atoms with Gasteiger partial charge in [-0.15, -0.1) is 0 Å². The number of ketones is 1. The van der Waals surface area contributed by atoms with Crippen LogP contribution in [0.2, 0.25) is 0 Å². The van der Waals surface area contributed by atoms with Gasteiger partial charge in [-0.05, 0) is 37.1 Å². The van der Waals surface area contributed by atoms with E-state index >= 15 is 0 Å². The minimum Gasteiger partial charge on any atom is -0.478 e. The van der Waals surface area contributed by atoms with Gasteiger partial charge in [0.25, 0.3) is 0 Å². The summed E-state index contributed by atoms with van der Waals surface area (Å²) in [5.74, 6) is -0.815. The van der Waals surface area contributed by atoms with Gasteiger partial charge >= 0.3 is 5.97 Å². The normalized spacial score (nSPS) is 17.5. The molecule has 0 amide bonds. The lowest BCUT2D eigenvalue weighted by Gasteiger charge is -2.26. The second kappa shape index (κ2) is 6.02. The van der Waals surface area contributed by atoms with E-state index in [4.69, 9.17) is 5.11 Å². The third kappa shape index (κ3) is 2.72. The maximum atomic E-state index is 12.7. The zero-order chi connectivity index (χ0) is 15.5. The number of carboxylic acids is 1. The van der Waals surface area contributed by atoms with E-state index in [1.165, 1.54) is 0 Å². The van der Waals surface area contributed by atoms with Crippen LogP contribution in [0.3, 0.4) is 0 Å². The SMILES string of the molecule is O=C(O)c1ccc(N2CCCC2C(=O)c2ccccc2)cc1. The number of rotatable bonds is 4. The Morgan fingerprint density at radius 1 is 0.955 bits per heavy atom. The molecule has 1 N–H and O–H groups in total. The molecule has 0 radical (unpaired) electrons. The van der Waals surface area contributed by atoms with E-state index in [9.17, 15) is 9.59 Å². The van der Waals surface area contributed by atoms with Crippen LogP contribution in [0.4, 0.5) is 5.69 Å². The third-order valence-electron chi connectivity index (χ3n) is 4.06. The smallest absolute Gasteiger partial charge is 0.335 e. The number of carboxylic acid groups (broad SMARTS) is 1. The van der Waals surface area contributed by atoms with Crippen LogP contribution in [-0.2, 0) is 0 Å². The first-order valence-corrected chi connectivity index (χ1v) is 7.36. The molecule has 2 aromatic carbocycles. The number of hydrogen-bond acceptors (Lipinski definition) is 3. The van der Waals surface area contributed by atoms with Crippen LogP contribution in [-0.4, -0.2) is 29.4 Å². The molecule has 3 rings (SSSR count). The van der Waals surface area contributed by atoms with Crippen LogP contribution in [0.15, 0.2) is 54.6 Å². The summed E-state index contributed by atoms with van der Waals surface area (Å²) < 4.78 is 0. The molecule has 0 aromatic heterocycles. The van der Waals surface area contributed by atoms with Gasteiger partial charge in [-0.3, -0.25) is 4.79 Å². The van der Waals surface area contributed by atoms with Gasteiger partial charge in [0.2, 0.25) is 0 Å². The van der Waals surface area contributed by atoms with Crippen LogP contribution in [0.5, 0.6) is 0 Å². The molecule has 0 aliphatic carbocycles. The molecule has 1 heterocycles. The van der Waals surface area contributed by atoms with Crippen molar-refractivity contribution in [2.45, 2.75) is 18.9 Å². The van der Waals surface area contributed by atoms with Crippen molar-refractivity contribution in [3.05, 3.63) is 65.7 Å². The van der Waals surface area contributed by atoms with Gasteiger partial charge in [0.15, 0.2) is 5.78 Å². The molecule has 0 saturated carbocycles. The zero-order valence-corrected chi connectivity index (χ0v) is 12.1. The molecule has 4 nitrogen and oxygen atoms in total. The average molecular weight is 295 g/mol. The summed E-state index contributed by atoms with van der Waals surface area (Å²) in [5, 5.41) is 8.96. The number of benzene rings is 2. The van der Waals surface area contributed by atoms with Crippen molar-refractivity contribution >= 4 is 17.4 Å². The molecular weight excluding hydrogens is 278 g/mol. The monoisotopic (exact) mass is 295 g/mol. The van der Waals surface area contributed by atoms with Crippen LogP contribution < -0.4 is 4.90 Å².